The normalized spacial score (nSPS) is 18.0. The van der Waals surface area contributed by atoms with Crippen molar-refractivity contribution in [1.82, 2.24) is 9.88 Å². The lowest BCUT2D eigenvalue weighted by atomic mass is 10.1. The Kier molecular flexibility index (Phi) is 3.39. The quantitative estimate of drug-likeness (QED) is 0.708. The van der Waals surface area contributed by atoms with Crippen LogP contribution < -0.4 is 0 Å². The Hall–Kier alpha value is -2.20. The van der Waals surface area contributed by atoms with Gasteiger partial charge in [-0.1, -0.05) is 18.2 Å². The average molecular weight is 308 g/mol. The second-order valence-electron chi connectivity index (χ2n) is 5.59. The molecule has 0 bridgehead atoms. The maximum Gasteiger partial charge on any atom is 0.264 e. The number of rotatable bonds is 2. The molecule has 4 heteroatoms. The number of pyridine rings is 1. The summed E-state index contributed by atoms with van der Waals surface area (Å²) in [6.07, 6.45) is 5.69. The van der Waals surface area contributed by atoms with Gasteiger partial charge in [-0.05, 0) is 48.1 Å². The van der Waals surface area contributed by atoms with Gasteiger partial charge in [-0.15, -0.1) is 11.3 Å². The minimum absolute atomic E-state index is 0.153. The van der Waals surface area contributed by atoms with Crippen molar-refractivity contribution >= 4 is 27.3 Å². The van der Waals surface area contributed by atoms with Crippen LogP contribution in [0.5, 0.6) is 0 Å². The zero-order chi connectivity index (χ0) is 14.9. The maximum absolute atomic E-state index is 12.9. The van der Waals surface area contributed by atoms with Crippen molar-refractivity contribution in [3.05, 3.63) is 65.3 Å². The Balaban J connectivity index is 1.66. The summed E-state index contributed by atoms with van der Waals surface area (Å²) in [6, 6.07) is 14.4. The van der Waals surface area contributed by atoms with Gasteiger partial charge in [0.2, 0.25) is 0 Å². The molecule has 0 spiro atoms. The first-order valence-corrected chi connectivity index (χ1v) is 8.34. The number of likely N-dealkylation sites (tertiary alicyclic amines) is 1. The molecular weight excluding hydrogens is 292 g/mol. The lowest BCUT2D eigenvalue weighted by Crippen LogP contribution is -2.29. The summed E-state index contributed by atoms with van der Waals surface area (Å²) in [5.74, 6) is 0.153. The van der Waals surface area contributed by atoms with E-state index in [1.165, 1.54) is 10.3 Å². The van der Waals surface area contributed by atoms with Crippen LogP contribution >= 0.6 is 11.3 Å². The second kappa shape index (κ2) is 5.54. The molecule has 1 amide bonds. The van der Waals surface area contributed by atoms with E-state index in [0.717, 1.165) is 29.6 Å². The largest absolute Gasteiger partial charge is 0.331 e. The minimum atomic E-state index is 0.153. The van der Waals surface area contributed by atoms with E-state index < -0.39 is 0 Å². The van der Waals surface area contributed by atoms with Crippen molar-refractivity contribution in [1.29, 1.82) is 0 Å². The number of carbonyl (C=O) groups excluding carboxylic acids is 1. The molecule has 1 aliphatic rings. The molecule has 22 heavy (non-hydrogen) atoms. The Morgan fingerprint density at radius 3 is 2.82 bits per heavy atom. The molecule has 1 fully saturated rings. The molecule has 0 aliphatic carbocycles. The van der Waals surface area contributed by atoms with E-state index in [1.807, 2.05) is 35.2 Å². The SMILES string of the molecule is O=C(c1cc2ccccc2s1)N1CCC[C@@H]1c1ccncc1. The molecule has 2 aromatic heterocycles. The Morgan fingerprint density at radius 1 is 1.18 bits per heavy atom. The number of hydrogen-bond donors (Lipinski definition) is 0. The van der Waals surface area contributed by atoms with Crippen molar-refractivity contribution in [2.24, 2.45) is 0 Å². The first kappa shape index (κ1) is 13.5. The first-order chi connectivity index (χ1) is 10.8. The predicted molar refractivity (Wildman–Crippen MR) is 89.1 cm³/mol. The van der Waals surface area contributed by atoms with Gasteiger partial charge < -0.3 is 4.90 Å². The van der Waals surface area contributed by atoms with Crippen LogP contribution in [0.15, 0.2) is 54.9 Å². The van der Waals surface area contributed by atoms with Gasteiger partial charge in [0.15, 0.2) is 0 Å². The van der Waals surface area contributed by atoms with Crippen molar-refractivity contribution < 1.29 is 4.79 Å². The summed E-state index contributed by atoms with van der Waals surface area (Å²) < 4.78 is 1.17. The fraction of sp³-hybridized carbons (Fsp3) is 0.222. The molecule has 1 aliphatic heterocycles. The summed E-state index contributed by atoms with van der Waals surface area (Å²) in [7, 11) is 0. The second-order valence-corrected chi connectivity index (χ2v) is 6.67. The standard InChI is InChI=1S/C18H16N2OS/c21-18(17-12-14-4-1-2-6-16(14)22-17)20-11-3-5-15(20)13-7-9-19-10-8-13/h1-2,4,6-10,12,15H,3,5,11H2/t15-/m1/s1. The van der Waals surface area contributed by atoms with Gasteiger partial charge in [-0.25, -0.2) is 0 Å². The number of fused-ring (bicyclic) bond motifs is 1. The van der Waals surface area contributed by atoms with Crippen LogP contribution in [0.25, 0.3) is 10.1 Å². The number of carbonyl (C=O) groups is 1. The summed E-state index contributed by atoms with van der Waals surface area (Å²) in [5.41, 5.74) is 1.18. The van der Waals surface area contributed by atoms with Gasteiger partial charge in [0.05, 0.1) is 10.9 Å². The molecule has 1 aromatic carbocycles. The summed E-state index contributed by atoms with van der Waals surface area (Å²) >= 11 is 1.59. The fourth-order valence-electron chi connectivity index (χ4n) is 3.17. The molecule has 0 unspecified atom stereocenters. The molecule has 3 heterocycles. The molecule has 0 N–H and O–H groups in total. The Bertz CT molecular complexity index is 779. The number of nitrogens with zero attached hydrogens (tertiary/aromatic N) is 2. The van der Waals surface area contributed by atoms with Crippen LogP contribution in [-0.2, 0) is 0 Å². The first-order valence-electron chi connectivity index (χ1n) is 7.52. The van der Waals surface area contributed by atoms with E-state index in [4.69, 9.17) is 0 Å². The van der Waals surface area contributed by atoms with Crippen molar-refractivity contribution in [2.45, 2.75) is 18.9 Å². The van der Waals surface area contributed by atoms with Gasteiger partial charge in [-0.3, -0.25) is 9.78 Å². The fourth-order valence-corrected chi connectivity index (χ4v) is 4.19. The van der Waals surface area contributed by atoms with Crippen LogP contribution in [0.3, 0.4) is 0 Å². The topological polar surface area (TPSA) is 33.2 Å². The molecule has 0 saturated carbocycles. The average Bonchev–Trinajstić information content (AvgIpc) is 3.21. The van der Waals surface area contributed by atoms with E-state index >= 15 is 0 Å². The highest BCUT2D eigenvalue weighted by Crippen LogP contribution is 2.35. The van der Waals surface area contributed by atoms with E-state index in [-0.39, 0.29) is 11.9 Å². The van der Waals surface area contributed by atoms with Crippen LogP contribution in [0, 0.1) is 0 Å². The molecular formula is C18H16N2OS. The zero-order valence-corrected chi connectivity index (χ0v) is 12.9. The van der Waals surface area contributed by atoms with Gasteiger partial charge >= 0.3 is 0 Å². The Morgan fingerprint density at radius 2 is 2.00 bits per heavy atom. The van der Waals surface area contributed by atoms with Crippen molar-refractivity contribution in [3.63, 3.8) is 0 Å². The lowest BCUT2D eigenvalue weighted by Gasteiger charge is -2.24. The predicted octanol–water partition coefficient (Wildman–Crippen LogP) is 4.27. The van der Waals surface area contributed by atoms with Crippen LogP contribution in [0.4, 0.5) is 0 Å². The number of aromatic nitrogens is 1. The van der Waals surface area contributed by atoms with Crippen molar-refractivity contribution in [2.75, 3.05) is 6.54 Å². The third-order valence-corrected chi connectivity index (χ3v) is 5.34. The van der Waals surface area contributed by atoms with E-state index in [1.54, 1.807) is 23.7 Å². The highest BCUT2D eigenvalue weighted by atomic mass is 32.1. The Labute approximate surface area is 133 Å². The molecule has 1 atom stereocenters. The van der Waals surface area contributed by atoms with Gasteiger partial charge in [-0.2, -0.15) is 0 Å². The van der Waals surface area contributed by atoms with Gasteiger partial charge in [0.25, 0.3) is 5.91 Å². The van der Waals surface area contributed by atoms with Crippen LogP contribution in [0.1, 0.15) is 34.1 Å². The third-order valence-electron chi connectivity index (χ3n) is 4.24. The smallest absolute Gasteiger partial charge is 0.264 e. The van der Waals surface area contributed by atoms with E-state index in [0.29, 0.717) is 0 Å². The highest BCUT2D eigenvalue weighted by molar-refractivity contribution is 7.20. The monoisotopic (exact) mass is 308 g/mol. The number of amides is 1. The lowest BCUT2D eigenvalue weighted by molar-refractivity contribution is 0.0740. The summed E-state index contributed by atoms with van der Waals surface area (Å²) in [5, 5.41) is 1.15. The summed E-state index contributed by atoms with van der Waals surface area (Å²) in [4.78, 5) is 19.8. The van der Waals surface area contributed by atoms with Crippen LogP contribution in [0.2, 0.25) is 0 Å². The molecule has 4 rings (SSSR count). The number of benzene rings is 1. The van der Waals surface area contributed by atoms with E-state index in [9.17, 15) is 4.79 Å². The van der Waals surface area contributed by atoms with Gasteiger partial charge in [0.1, 0.15) is 0 Å². The van der Waals surface area contributed by atoms with Crippen LogP contribution in [-0.4, -0.2) is 22.3 Å². The minimum Gasteiger partial charge on any atom is -0.331 e. The molecule has 110 valence electrons. The third kappa shape index (κ3) is 2.29. The van der Waals surface area contributed by atoms with E-state index in [2.05, 4.69) is 17.1 Å². The van der Waals surface area contributed by atoms with Gasteiger partial charge in [0, 0.05) is 23.6 Å². The zero-order valence-electron chi connectivity index (χ0n) is 12.1. The molecule has 3 nitrogen and oxygen atoms in total. The number of hydrogen-bond acceptors (Lipinski definition) is 3. The number of thiophene rings is 1. The molecule has 0 radical (unpaired) electrons. The summed E-state index contributed by atoms with van der Waals surface area (Å²) in [6.45, 7) is 0.833. The van der Waals surface area contributed by atoms with Crippen molar-refractivity contribution in [3.8, 4) is 0 Å². The molecule has 1 saturated heterocycles. The maximum atomic E-state index is 12.9. The highest BCUT2D eigenvalue weighted by Gasteiger charge is 2.31. The molecule has 3 aromatic rings.